The zero-order valence-electron chi connectivity index (χ0n) is 23.7. The van der Waals surface area contributed by atoms with Gasteiger partial charge in [0.15, 0.2) is 5.65 Å². The number of rotatable bonds is 4. The Balaban J connectivity index is 1.48. The average Bonchev–Trinajstić information content (AvgIpc) is 3.54. The number of aromatic nitrogens is 4. The Morgan fingerprint density at radius 3 is 2.32 bits per heavy atom. The van der Waals surface area contributed by atoms with Crippen LogP contribution in [0.2, 0.25) is 0 Å². The number of benzene rings is 1. The van der Waals surface area contributed by atoms with E-state index in [9.17, 15) is 13.2 Å². The molecule has 2 unspecified atom stereocenters. The number of carbonyl (C=O) groups excluding carboxylic acids is 1. The third-order valence-electron chi connectivity index (χ3n) is 7.70. The van der Waals surface area contributed by atoms with Crippen molar-refractivity contribution >= 4 is 48.8 Å². The molecule has 2 fully saturated rings. The third kappa shape index (κ3) is 4.80. The van der Waals surface area contributed by atoms with Crippen LogP contribution >= 0.6 is 15.9 Å². The van der Waals surface area contributed by atoms with E-state index in [1.165, 1.54) is 3.97 Å². The average molecular weight is 642 g/mol. The zero-order chi connectivity index (χ0) is 29.3. The quantitative estimate of drug-likeness (QED) is 0.297. The summed E-state index contributed by atoms with van der Waals surface area (Å²) in [5, 5.41) is 5.01. The highest BCUT2D eigenvalue weighted by atomic mass is 79.9. The molecule has 0 saturated carbocycles. The second-order valence-corrected chi connectivity index (χ2v) is 14.4. The molecule has 1 aromatic carbocycles. The molecular weight excluding hydrogens is 608 g/mol. The number of hydrogen-bond acceptors (Lipinski definition) is 7. The summed E-state index contributed by atoms with van der Waals surface area (Å²) < 4.78 is 37.7. The van der Waals surface area contributed by atoms with Crippen LogP contribution in [0.4, 0.5) is 10.5 Å². The number of nitrogens with zero attached hydrogens (tertiary/aromatic N) is 6. The molecule has 41 heavy (non-hydrogen) atoms. The molecule has 0 N–H and O–H groups in total. The minimum Gasteiger partial charge on any atom is -0.444 e. The number of fused-ring (bicyclic) bond motifs is 3. The largest absolute Gasteiger partial charge is 0.444 e. The van der Waals surface area contributed by atoms with Crippen LogP contribution in [0.25, 0.3) is 22.3 Å². The van der Waals surface area contributed by atoms with E-state index in [1.54, 1.807) is 54.6 Å². The van der Waals surface area contributed by atoms with E-state index in [0.29, 0.717) is 39.9 Å². The monoisotopic (exact) mass is 640 g/mol. The number of ether oxygens (including phenoxy) is 1. The maximum absolute atomic E-state index is 14.2. The van der Waals surface area contributed by atoms with Crippen LogP contribution in [-0.4, -0.2) is 68.9 Å². The summed E-state index contributed by atoms with van der Waals surface area (Å²) in [6.07, 6.45) is 6.60. The molecule has 2 saturated heterocycles. The fourth-order valence-electron chi connectivity index (χ4n) is 5.93. The lowest BCUT2D eigenvalue weighted by Gasteiger charge is -2.42. The molecule has 3 aromatic heterocycles. The van der Waals surface area contributed by atoms with E-state index in [0.717, 1.165) is 24.1 Å². The molecule has 10 nitrogen and oxygen atoms in total. The minimum absolute atomic E-state index is 0.00163. The van der Waals surface area contributed by atoms with Crippen LogP contribution in [0.1, 0.15) is 39.2 Å². The zero-order valence-corrected chi connectivity index (χ0v) is 26.1. The molecule has 4 aromatic rings. The fraction of sp³-hybridized carbons (Fsp3) is 0.414. The first-order valence-corrected chi connectivity index (χ1v) is 15.8. The summed E-state index contributed by atoms with van der Waals surface area (Å²) in [6, 6.07) is 8.74. The topological polar surface area (TPSA) is 103 Å². The number of anilines is 1. The molecule has 12 heteroatoms. The lowest BCUT2D eigenvalue weighted by atomic mass is 10.1. The molecule has 0 aliphatic carbocycles. The molecule has 2 bridgehead atoms. The Morgan fingerprint density at radius 1 is 1.07 bits per heavy atom. The maximum atomic E-state index is 14.2. The van der Waals surface area contributed by atoms with Crippen LogP contribution in [0.15, 0.2) is 58.3 Å². The van der Waals surface area contributed by atoms with Crippen LogP contribution in [0, 0.1) is 6.92 Å². The van der Waals surface area contributed by atoms with Crippen molar-refractivity contribution in [1.29, 1.82) is 0 Å². The Bertz CT molecular complexity index is 1740. The van der Waals surface area contributed by atoms with Crippen molar-refractivity contribution in [2.45, 2.75) is 63.1 Å². The number of hydrogen-bond donors (Lipinski definition) is 0. The van der Waals surface area contributed by atoms with Crippen molar-refractivity contribution in [3.8, 4) is 11.3 Å². The predicted octanol–water partition coefficient (Wildman–Crippen LogP) is 5.33. The van der Waals surface area contributed by atoms with Crippen LogP contribution in [0.5, 0.6) is 0 Å². The number of carbonyl (C=O) groups is 1. The molecule has 1 amide bonds. The number of amides is 1. The number of halogens is 1. The molecule has 6 rings (SSSR count). The van der Waals surface area contributed by atoms with Gasteiger partial charge in [-0.05, 0) is 74.7 Å². The van der Waals surface area contributed by atoms with Gasteiger partial charge in [-0.25, -0.2) is 22.2 Å². The van der Waals surface area contributed by atoms with Crippen LogP contribution in [-0.2, 0) is 21.8 Å². The van der Waals surface area contributed by atoms with Gasteiger partial charge < -0.3 is 9.64 Å². The number of aryl methyl sites for hydroxylation is 2. The van der Waals surface area contributed by atoms with Gasteiger partial charge in [-0.15, -0.1) is 0 Å². The Hall–Kier alpha value is -3.38. The van der Waals surface area contributed by atoms with Crippen molar-refractivity contribution in [3.05, 3.63) is 59.0 Å². The van der Waals surface area contributed by atoms with Crippen LogP contribution in [0.3, 0.4) is 0 Å². The highest BCUT2D eigenvalue weighted by Gasteiger charge is 2.45. The predicted molar refractivity (Wildman–Crippen MR) is 160 cm³/mol. The molecule has 2 atom stereocenters. The first kappa shape index (κ1) is 27.8. The van der Waals surface area contributed by atoms with E-state index >= 15 is 0 Å². The minimum atomic E-state index is -4.03. The van der Waals surface area contributed by atoms with E-state index in [-0.39, 0.29) is 23.1 Å². The van der Waals surface area contributed by atoms with Gasteiger partial charge in [0.2, 0.25) is 0 Å². The molecule has 216 valence electrons. The third-order valence-corrected chi connectivity index (χ3v) is 10.2. The number of pyridine rings is 1. The van der Waals surface area contributed by atoms with Crippen LogP contribution < -0.4 is 4.90 Å². The second-order valence-electron chi connectivity index (χ2n) is 11.9. The van der Waals surface area contributed by atoms with E-state index in [4.69, 9.17) is 4.74 Å². The van der Waals surface area contributed by atoms with Gasteiger partial charge >= 0.3 is 6.09 Å². The first-order valence-electron chi connectivity index (χ1n) is 13.6. The normalized spacial score (nSPS) is 19.3. The summed E-state index contributed by atoms with van der Waals surface area (Å²) in [4.78, 5) is 22.0. The van der Waals surface area contributed by atoms with Crippen molar-refractivity contribution in [2.24, 2.45) is 7.05 Å². The Labute approximate surface area is 248 Å². The van der Waals surface area contributed by atoms with E-state index in [1.807, 2.05) is 38.7 Å². The molecule has 5 heterocycles. The van der Waals surface area contributed by atoms with Gasteiger partial charge in [0.25, 0.3) is 10.0 Å². The highest BCUT2D eigenvalue weighted by Crippen LogP contribution is 2.45. The summed E-state index contributed by atoms with van der Waals surface area (Å²) in [5.74, 6) is 0. The molecule has 0 spiro atoms. The van der Waals surface area contributed by atoms with Crippen molar-refractivity contribution in [2.75, 3.05) is 18.0 Å². The lowest BCUT2D eigenvalue weighted by molar-refractivity contribution is 0.0123. The second kappa shape index (κ2) is 9.87. The summed E-state index contributed by atoms with van der Waals surface area (Å²) in [5.41, 5.74) is 2.71. The molecule has 0 radical (unpaired) electrons. The van der Waals surface area contributed by atoms with Gasteiger partial charge in [0, 0.05) is 38.1 Å². The first-order chi connectivity index (χ1) is 19.3. The summed E-state index contributed by atoms with van der Waals surface area (Å²) >= 11 is 3.78. The van der Waals surface area contributed by atoms with Crippen molar-refractivity contribution in [3.63, 3.8) is 0 Å². The summed E-state index contributed by atoms with van der Waals surface area (Å²) in [7, 11) is -2.23. The highest BCUT2D eigenvalue weighted by molar-refractivity contribution is 9.10. The van der Waals surface area contributed by atoms with Crippen molar-refractivity contribution in [1.82, 2.24) is 23.6 Å². The van der Waals surface area contributed by atoms with E-state index in [2.05, 4.69) is 30.9 Å². The maximum Gasteiger partial charge on any atom is 0.410 e. The van der Waals surface area contributed by atoms with Gasteiger partial charge in [0.05, 0.1) is 44.4 Å². The Kier molecular flexibility index (Phi) is 6.68. The van der Waals surface area contributed by atoms with Crippen molar-refractivity contribution < 1.29 is 17.9 Å². The van der Waals surface area contributed by atoms with Gasteiger partial charge in [-0.2, -0.15) is 5.10 Å². The lowest BCUT2D eigenvalue weighted by Crippen LogP contribution is -2.56. The molecule has 2 aliphatic rings. The number of piperazine rings is 1. The summed E-state index contributed by atoms with van der Waals surface area (Å²) in [6.45, 7) is 8.78. The van der Waals surface area contributed by atoms with Gasteiger partial charge in [-0.3, -0.25) is 9.58 Å². The van der Waals surface area contributed by atoms with E-state index < -0.39 is 15.6 Å². The Morgan fingerprint density at radius 2 is 1.73 bits per heavy atom. The molecular formula is C29H33BrN6O4S. The SMILES string of the molecule is Cc1ccc(S(=O)(=O)n2c(-c3cnn(C)c3)c(Br)c3c(N4CC5CCC(C4)N5C(=O)OC(C)(C)C)ccnc32)cc1. The fourth-order valence-corrected chi connectivity index (χ4v) is 8.33. The molecule has 2 aliphatic heterocycles. The van der Waals surface area contributed by atoms with Gasteiger partial charge in [0.1, 0.15) is 5.60 Å². The standard InChI is InChI=1S/C29H33BrN6O4S/c1-18-6-10-22(11-7-18)41(38,39)36-26(19-14-32-33(5)15-19)25(30)24-23(12-13-31-27(24)36)34-16-20-8-9-21(17-34)35(20)28(37)40-29(2,3)4/h6-7,10-15,20-21H,8-9,16-17H2,1-5H3. The smallest absolute Gasteiger partial charge is 0.410 e. The van der Waals surface area contributed by atoms with Gasteiger partial charge in [-0.1, -0.05) is 17.7 Å².